The Labute approximate surface area is 190 Å². The van der Waals surface area contributed by atoms with Crippen molar-refractivity contribution in [2.45, 2.75) is 6.42 Å². The number of aliphatic carboxylic acids is 1. The number of carbonyl (C=O) groups excluding carboxylic acids is 1. The lowest BCUT2D eigenvalue weighted by Gasteiger charge is -2.09. The number of hydrogen-bond donors (Lipinski definition) is 2. The van der Waals surface area contributed by atoms with Gasteiger partial charge in [0.05, 0.1) is 10.9 Å². The van der Waals surface area contributed by atoms with Crippen molar-refractivity contribution in [1.82, 2.24) is 5.32 Å². The van der Waals surface area contributed by atoms with Crippen molar-refractivity contribution in [3.63, 3.8) is 0 Å². The predicted octanol–water partition coefficient (Wildman–Crippen LogP) is 5.79. The van der Waals surface area contributed by atoms with Gasteiger partial charge in [0.2, 0.25) is 5.91 Å². The summed E-state index contributed by atoms with van der Waals surface area (Å²) in [4.78, 5) is 23.8. The first kappa shape index (κ1) is 21.8. The zero-order chi connectivity index (χ0) is 21.5. The van der Waals surface area contributed by atoms with Gasteiger partial charge in [0, 0.05) is 4.47 Å². The minimum absolute atomic E-state index is 0.0722. The second-order valence-electron chi connectivity index (χ2n) is 6.32. The third kappa shape index (κ3) is 6.30. The molecule has 7 heteroatoms. The van der Waals surface area contributed by atoms with E-state index >= 15 is 0 Å². The van der Waals surface area contributed by atoms with E-state index in [2.05, 4.69) is 37.2 Å². The van der Waals surface area contributed by atoms with Crippen molar-refractivity contribution in [2.75, 3.05) is 0 Å². The van der Waals surface area contributed by atoms with E-state index < -0.39 is 11.9 Å². The average molecular weight is 531 g/mol. The van der Waals surface area contributed by atoms with Gasteiger partial charge in [0.25, 0.3) is 0 Å². The molecule has 0 atom stereocenters. The van der Waals surface area contributed by atoms with Gasteiger partial charge in [0.15, 0.2) is 0 Å². The van der Waals surface area contributed by atoms with Gasteiger partial charge in [-0.25, -0.2) is 4.79 Å². The number of halogens is 2. The Morgan fingerprint density at radius 3 is 2.37 bits per heavy atom. The van der Waals surface area contributed by atoms with Gasteiger partial charge in [-0.3, -0.25) is 4.79 Å². The van der Waals surface area contributed by atoms with Crippen LogP contribution in [0.3, 0.4) is 0 Å². The molecule has 0 saturated carbocycles. The van der Waals surface area contributed by atoms with Crippen molar-refractivity contribution < 1.29 is 19.4 Å². The molecule has 30 heavy (non-hydrogen) atoms. The molecule has 3 rings (SSSR count). The molecule has 5 nitrogen and oxygen atoms in total. The highest BCUT2D eigenvalue weighted by atomic mass is 79.9. The third-order valence-corrected chi connectivity index (χ3v) is 5.16. The summed E-state index contributed by atoms with van der Waals surface area (Å²) in [5.41, 5.74) is 1.20. The van der Waals surface area contributed by atoms with Crippen LogP contribution in [0, 0.1) is 0 Å². The Bertz CT molecular complexity index is 1090. The first-order chi connectivity index (χ1) is 14.4. The summed E-state index contributed by atoms with van der Waals surface area (Å²) in [7, 11) is 0. The molecule has 3 aromatic carbocycles. The molecule has 3 aromatic rings. The van der Waals surface area contributed by atoms with E-state index in [9.17, 15) is 14.7 Å². The highest BCUT2D eigenvalue weighted by molar-refractivity contribution is 9.10. The molecule has 0 unspecified atom stereocenters. The molecule has 0 aliphatic heterocycles. The van der Waals surface area contributed by atoms with Crippen LogP contribution < -0.4 is 10.1 Å². The van der Waals surface area contributed by atoms with E-state index in [1.54, 1.807) is 30.3 Å². The summed E-state index contributed by atoms with van der Waals surface area (Å²) < 4.78 is 7.48. The zero-order valence-corrected chi connectivity index (χ0v) is 18.8. The maximum atomic E-state index is 12.3. The number of para-hydroxylation sites is 1. The molecule has 0 bridgehead atoms. The first-order valence-electron chi connectivity index (χ1n) is 8.92. The molecular weight excluding hydrogens is 514 g/mol. The van der Waals surface area contributed by atoms with Crippen LogP contribution in [0.1, 0.15) is 11.1 Å². The first-order valence-corrected chi connectivity index (χ1v) is 10.5. The molecular formula is C23H17Br2NO4. The number of hydrogen-bond acceptors (Lipinski definition) is 3. The van der Waals surface area contributed by atoms with Crippen LogP contribution in [-0.2, 0) is 16.0 Å². The summed E-state index contributed by atoms with van der Waals surface area (Å²) in [5, 5.41) is 11.9. The van der Waals surface area contributed by atoms with Crippen LogP contribution in [-0.4, -0.2) is 17.0 Å². The van der Waals surface area contributed by atoms with E-state index in [0.717, 1.165) is 14.5 Å². The Morgan fingerprint density at radius 1 is 0.967 bits per heavy atom. The van der Waals surface area contributed by atoms with Crippen LogP contribution in [0.4, 0.5) is 0 Å². The normalized spacial score (nSPS) is 11.1. The van der Waals surface area contributed by atoms with Crippen LogP contribution in [0.2, 0.25) is 0 Å². The van der Waals surface area contributed by atoms with Gasteiger partial charge in [-0.15, -0.1) is 0 Å². The molecule has 0 aliphatic rings. The monoisotopic (exact) mass is 529 g/mol. The van der Waals surface area contributed by atoms with Crippen molar-refractivity contribution in [2.24, 2.45) is 0 Å². The molecule has 0 aliphatic carbocycles. The predicted molar refractivity (Wildman–Crippen MR) is 122 cm³/mol. The fourth-order valence-electron chi connectivity index (χ4n) is 2.63. The Kier molecular flexibility index (Phi) is 7.43. The number of rotatable bonds is 7. The minimum atomic E-state index is -1.22. The molecule has 0 aromatic heterocycles. The summed E-state index contributed by atoms with van der Waals surface area (Å²) >= 11 is 6.78. The number of ether oxygens (including phenoxy) is 1. The molecule has 0 radical (unpaired) electrons. The standard InChI is InChI=1S/C23H17Br2NO4/c24-17-5-3-4-16(12-17)14-22(27)26-20(23(28)29)13-15-8-10-18(11-9-15)30-21-7-2-1-6-19(21)25/h1-13H,14H2,(H,26,27)(H,28,29)/b20-13-. The topological polar surface area (TPSA) is 75.6 Å². The van der Waals surface area contributed by atoms with Crippen LogP contribution in [0.25, 0.3) is 6.08 Å². The summed E-state index contributed by atoms with van der Waals surface area (Å²) in [6.45, 7) is 0. The number of benzene rings is 3. The smallest absolute Gasteiger partial charge is 0.352 e. The number of amides is 1. The summed E-state index contributed by atoms with van der Waals surface area (Å²) in [6, 6.07) is 21.7. The summed E-state index contributed by atoms with van der Waals surface area (Å²) in [5.74, 6) is -0.344. The zero-order valence-electron chi connectivity index (χ0n) is 15.6. The van der Waals surface area contributed by atoms with Gasteiger partial charge in [-0.1, -0.05) is 52.3 Å². The van der Waals surface area contributed by atoms with Crippen molar-refractivity contribution in [3.05, 3.63) is 98.6 Å². The van der Waals surface area contributed by atoms with E-state index in [1.807, 2.05) is 42.5 Å². The lowest BCUT2D eigenvalue weighted by Crippen LogP contribution is -2.28. The quantitative estimate of drug-likeness (QED) is 0.379. The second-order valence-corrected chi connectivity index (χ2v) is 8.09. The van der Waals surface area contributed by atoms with Crippen LogP contribution >= 0.6 is 31.9 Å². The van der Waals surface area contributed by atoms with Crippen molar-refractivity contribution >= 4 is 49.8 Å². The van der Waals surface area contributed by atoms with E-state index in [-0.39, 0.29) is 12.1 Å². The van der Waals surface area contributed by atoms with Crippen molar-refractivity contribution in [1.29, 1.82) is 0 Å². The molecule has 2 N–H and O–H groups in total. The minimum Gasteiger partial charge on any atom is -0.477 e. The largest absolute Gasteiger partial charge is 0.477 e. The second kappa shape index (κ2) is 10.2. The molecule has 1 amide bonds. The Balaban J connectivity index is 1.69. The third-order valence-electron chi connectivity index (χ3n) is 4.01. The molecule has 0 heterocycles. The molecule has 0 fully saturated rings. The maximum Gasteiger partial charge on any atom is 0.352 e. The molecule has 0 spiro atoms. The lowest BCUT2D eigenvalue weighted by molar-refractivity contribution is -0.134. The van der Waals surface area contributed by atoms with Crippen molar-refractivity contribution in [3.8, 4) is 11.5 Å². The van der Waals surface area contributed by atoms with Gasteiger partial charge in [-0.2, -0.15) is 0 Å². The molecule has 0 saturated heterocycles. The lowest BCUT2D eigenvalue weighted by atomic mass is 10.1. The van der Waals surface area contributed by atoms with E-state index in [1.165, 1.54) is 6.08 Å². The van der Waals surface area contributed by atoms with Gasteiger partial charge >= 0.3 is 5.97 Å². The van der Waals surface area contributed by atoms with E-state index in [4.69, 9.17) is 4.74 Å². The summed E-state index contributed by atoms with van der Waals surface area (Å²) in [6.07, 6.45) is 1.48. The fourth-order valence-corrected chi connectivity index (χ4v) is 3.44. The van der Waals surface area contributed by atoms with Crippen LogP contribution in [0.15, 0.2) is 87.4 Å². The van der Waals surface area contributed by atoms with Gasteiger partial charge in [-0.05, 0) is 69.5 Å². The Hall–Kier alpha value is -2.90. The van der Waals surface area contributed by atoms with Crippen LogP contribution in [0.5, 0.6) is 11.5 Å². The maximum absolute atomic E-state index is 12.3. The number of carboxylic acids is 1. The fraction of sp³-hybridized carbons (Fsp3) is 0.0435. The number of nitrogens with one attached hydrogen (secondary N) is 1. The average Bonchev–Trinajstić information content (AvgIpc) is 2.70. The van der Waals surface area contributed by atoms with Gasteiger partial charge in [0.1, 0.15) is 17.2 Å². The Morgan fingerprint density at radius 2 is 1.70 bits per heavy atom. The highest BCUT2D eigenvalue weighted by Gasteiger charge is 2.12. The highest BCUT2D eigenvalue weighted by Crippen LogP contribution is 2.29. The number of carbonyl (C=O) groups is 2. The number of carboxylic acid groups (broad SMARTS) is 1. The van der Waals surface area contributed by atoms with Gasteiger partial charge < -0.3 is 15.2 Å². The SMILES string of the molecule is O=C(Cc1cccc(Br)c1)N/C(=C\c1ccc(Oc2ccccc2Br)cc1)C(=O)O. The molecule has 152 valence electrons. The van der Waals surface area contributed by atoms with E-state index in [0.29, 0.717) is 17.1 Å².